The number of halogens is 3. The lowest BCUT2D eigenvalue weighted by atomic mass is 10.1. The topological polar surface area (TPSA) is 38.3 Å². The third-order valence-corrected chi connectivity index (χ3v) is 3.68. The Hall–Kier alpha value is -2.21. The van der Waals surface area contributed by atoms with E-state index in [1.807, 2.05) is 31.2 Å². The van der Waals surface area contributed by atoms with Gasteiger partial charge < -0.3 is 10.1 Å². The zero-order valence-corrected chi connectivity index (χ0v) is 14.5. The van der Waals surface area contributed by atoms with Gasteiger partial charge in [0.15, 0.2) is 0 Å². The summed E-state index contributed by atoms with van der Waals surface area (Å²) in [4.78, 5) is 11.9. The van der Waals surface area contributed by atoms with E-state index in [2.05, 4.69) is 26.0 Å². The van der Waals surface area contributed by atoms with Crippen LogP contribution in [0.3, 0.4) is 0 Å². The second kappa shape index (κ2) is 8.59. The van der Waals surface area contributed by atoms with E-state index in [0.717, 1.165) is 11.1 Å². The van der Waals surface area contributed by atoms with E-state index >= 15 is 0 Å². The highest BCUT2D eigenvalue weighted by atomic mass is 79.9. The summed E-state index contributed by atoms with van der Waals surface area (Å²) in [6.07, 6.45) is 2.72. The Balaban J connectivity index is 2.00. The minimum Gasteiger partial charge on any atom is -0.434 e. The normalized spacial score (nSPS) is 11.0. The van der Waals surface area contributed by atoms with Crippen LogP contribution in [0.5, 0.6) is 5.75 Å². The summed E-state index contributed by atoms with van der Waals surface area (Å²) in [5.41, 5.74) is 2.51. The average Bonchev–Trinajstić information content (AvgIpc) is 2.54. The number of aryl methyl sites for hydroxylation is 1. The Morgan fingerprint density at radius 1 is 1.25 bits per heavy atom. The predicted octanol–water partition coefficient (Wildman–Crippen LogP) is 4.69. The number of amides is 1. The standard InChI is InChI=1S/C18H16BrF2NO2/c1-12-2-4-13(5-3-12)11-22-17(23)9-6-14-10-15(19)7-8-16(14)24-18(20)21/h2-10,18H,11H2,1H3,(H,22,23). The Labute approximate surface area is 147 Å². The molecule has 0 atom stereocenters. The van der Waals surface area contributed by atoms with Crippen molar-refractivity contribution in [2.75, 3.05) is 0 Å². The van der Waals surface area contributed by atoms with E-state index in [1.165, 1.54) is 18.2 Å². The van der Waals surface area contributed by atoms with E-state index < -0.39 is 6.61 Å². The van der Waals surface area contributed by atoms with Crippen molar-refractivity contribution in [3.8, 4) is 5.75 Å². The van der Waals surface area contributed by atoms with Crippen molar-refractivity contribution < 1.29 is 18.3 Å². The maximum Gasteiger partial charge on any atom is 0.387 e. The zero-order chi connectivity index (χ0) is 17.5. The fourth-order valence-corrected chi connectivity index (χ4v) is 2.35. The van der Waals surface area contributed by atoms with Crippen molar-refractivity contribution in [3.63, 3.8) is 0 Å². The highest BCUT2D eigenvalue weighted by molar-refractivity contribution is 9.10. The molecule has 2 aromatic carbocycles. The molecule has 0 bridgehead atoms. The van der Waals surface area contributed by atoms with Crippen LogP contribution < -0.4 is 10.1 Å². The third-order valence-electron chi connectivity index (χ3n) is 3.19. The van der Waals surface area contributed by atoms with Gasteiger partial charge in [-0.25, -0.2) is 0 Å². The number of nitrogens with one attached hydrogen (secondary N) is 1. The van der Waals surface area contributed by atoms with Crippen LogP contribution in [0.1, 0.15) is 16.7 Å². The van der Waals surface area contributed by atoms with Crippen LogP contribution in [0, 0.1) is 6.92 Å². The minimum atomic E-state index is -2.92. The van der Waals surface area contributed by atoms with Gasteiger partial charge in [-0.15, -0.1) is 0 Å². The van der Waals surface area contributed by atoms with Gasteiger partial charge in [0.1, 0.15) is 5.75 Å². The number of ether oxygens (including phenoxy) is 1. The van der Waals surface area contributed by atoms with E-state index in [1.54, 1.807) is 12.1 Å². The molecule has 0 fully saturated rings. The van der Waals surface area contributed by atoms with Crippen molar-refractivity contribution in [2.24, 2.45) is 0 Å². The molecule has 3 nitrogen and oxygen atoms in total. The summed E-state index contributed by atoms with van der Waals surface area (Å²) >= 11 is 3.26. The summed E-state index contributed by atoms with van der Waals surface area (Å²) in [7, 11) is 0. The molecule has 0 heterocycles. The number of rotatable bonds is 6. The van der Waals surface area contributed by atoms with Gasteiger partial charge in [-0.3, -0.25) is 4.79 Å². The minimum absolute atomic E-state index is 0.00999. The SMILES string of the molecule is Cc1ccc(CNC(=O)C=Cc2cc(Br)ccc2OC(F)F)cc1. The fourth-order valence-electron chi connectivity index (χ4n) is 1.97. The first kappa shape index (κ1) is 18.1. The van der Waals surface area contributed by atoms with Gasteiger partial charge in [-0.05, 0) is 36.8 Å². The summed E-state index contributed by atoms with van der Waals surface area (Å²) in [6.45, 7) is -0.543. The monoisotopic (exact) mass is 395 g/mol. The number of benzene rings is 2. The lowest BCUT2D eigenvalue weighted by Crippen LogP contribution is -2.20. The molecule has 0 aliphatic carbocycles. The Kier molecular flexibility index (Phi) is 6.49. The smallest absolute Gasteiger partial charge is 0.387 e. The molecule has 0 spiro atoms. The molecule has 0 aliphatic rings. The van der Waals surface area contributed by atoms with Gasteiger partial charge >= 0.3 is 6.61 Å². The number of hydrogen-bond donors (Lipinski definition) is 1. The Bertz CT molecular complexity index is 730. The maximum absolute atomic E-state index is 12.4. The van der Waals surface area contributed by atoms with E-state index in [-0.39, 0.29) is 11.7 Å². The summed E-state index contributed by atoms with van der Waals surface area (Å²) < 4.78 is 29.9. The lowest BCUT2D eigenvalue weighted by molar-refractivity contribution is -0.116. The molecule has 0 aliphatic heterocycles. The molecule has 2 aromatic rings. The van der Waals surface area contributed by atoms with Crippen molar-refractivity contribution in [3.05, 3.63) is 69.7 Å². The molecular formula is C18H16BrF2NO2. The van der Waals surface area contributed by atoms with Crippen LogP contribution in [0.15, 0.2) is 53.0 Å². The first-order valence-corrected chi connectivity index (χ1v) is 7.99. The van der Waals surface area contributed by atoms with Gasteiger partial charge in [0.25, 0.3) is 0 Å². The second-order valence-electron chi connectivity index (χ2n) is 5.10. The van der Waals surface area contributed by atoms with Crippen LogP contribution in [0.25, 0.3) is 6.08 Å². The van der Waals surface area contributed by atoms with Gasteiger partial charge in [-0.1, -0.05) is 45.8 Å². The molecule has 1 N–H and O–H groups in total. The first-order valence-electron chi connectivity index (χ1n) is 7.20. The van der Waals surface area contributed by atoms with Crippen molar-refractivity contribution >= 4 is 27.9 Å². The molecule has 0 saturated heterocycles. The first-order chi connectivity index (χ1) is 11.4. The number of hydrogen-bond acceptors (Lipinski definition) is 2. The Morgan fingerprint density at radius 2 is 1.96 bits per heavy atom. The van der Waals surface area contributed by atoms with E-state index in [4.69, 9.17) is 0 Å². The summed E-state index contributed by atoms with van der Waals surface area (Å²) in [5.74, 6) is -0.311. The maximum atomic E-state index is 12.4. The molecule has 2 rings (SSSR count). The summed E-state index contributed by atoms with van der Waals surface area (Å²) in [5, 5.41) is 2.74. The van der Waals surface area contributed by atoms with Crippen LogP contribution in [-0.2, 0) is 11.3 Å². The molecule has 0 unspecified atom stereocenters. The second-order valence-corrected chi connectivity index (χ2v) is 6.01. The largest absolute Gasteiger partial charge is 0.434 e. The van der Waals surface area contributed by atoms with Crippen LogP contribution in [-0.4, -0.2) is 12.5 Å². The zero-order valence-electron chi connectivity index (χ0n) is 12.9. The predicted molar refractivity (Wildman–Crippen MR) is 92.8 cm³/mol. The number of carbonyl (C=O) groups excluding carboxylic acids is 1. The lowest BCUT2D eigenvalue weighted by Gasteiger charge is -2.08. The average molecular weight is 396 g/mol. The highest BCUT2D eigenvalue weighted by Gasteiger charge is 2.08. The van der Waals surface area contributed by atoms with E-state index in [0.29, 0.717) is 16.6 Å². The summed E-state index contributed by atoms with van der Waals surface area (Å²) in [6, 6.07) is 12.4. The molecule has 0 saturated carbocycles. The molecule has 0 aromatic heterocycles. The van der Waals surface area contributed by atoms with Gasteiger partial charge in [0.05, 0.1) is 0 Å². The van der Waals surface area contributed by atoms with Crippen LogP contribution in [0.2, 0.25) is 0 Å². The van der Waals surface area contributed by atoms with Crippen molar-refractivity contribution in [1.29, 1.82) is 0 Å². The molecule has 126 valence electrons. The number of carbonyl (C=O) groups is 1. The number of alkyl halides is 2. The molecular weight excluding hydrogens is 380 g/mol. The van der Waals surface area contributed by atoms with Gasteiger partial charge in [0, 0.05) is 22.7 Å². The highest BCUT2D eigenvalue weighted by Crippen LogP contribution is 2.25. The Morgan fingerprint density at radius 3 is 2.62 bits per heavy atom. The van der Waals surface area contributed by atoms with Gasteiger partial charge in [-0.2, -0.15) is 8.78 Å². The molecule has 1 amide bonds. The quantitative estimate of drug-likeness (QED) is 0.720. The molecule has 0 radical (unpaired) electrons. The van der Waals surface area contributed by atoms with Crippen molar-refractivity contribution in [2.45, 2.75) is 20.1 Å². The van der Waals surface area contributed by atoms with Gasteiger partial charge in [0.2, 0.25) is 5.91 Å². The fraction of sp³-hybridized carbons (Fsp3) is 0.167. The third kappa shape index (κ3) is 5.77. The van der Waals surface area contributed by atoms with Crippen LogP contribution >= 0.6 is 15.9 Å². The van der Waals surface area contributed by atoms with E-state index in [9.17, 15) is 13.6 Å². The van der Waals surface area contributed by atoms with Crippen molar-refractivity contribution in [1.82, 2.24) is 5.32 Å². The molecule has 24 heavy (non-hydrogen) atoms. The van der Waals surface area contributed by atoms with Crippen LogP contribution in [0.4, 0.5) is 8.78 Å². The molecule has 6 heteroatoms.